The Morgan fingerprint density at radius 3 is 2.81 bits per heavy atom. The molecule has 0 bridgehead atoms. The van der Waals surface area contributed by atoms with Crippen LogP contribution in [0.3, 0.4) is 0 Å². The van der Waals surface area contributed by atoms with Crippen LogP contribution in [0.25, 0.3) is 0 Å². The Kier molecular flexibility index (Phi) is 5.32. The molecule has 1 fully saturated rings. The molecule has 1 atom stereocenters. The fourth-order valence-corrected chi connectivity index (χ4v) is 3.32. The molecule has 0 aliphatic carbocycles. The zero-order chi connectivity index (χ0) is 15.3. The van der Waals surface area contributed by atoms with Gasteiger partial charge in [-0.3, -0.25) is 0 Å². The van der Waals surface area contributed by atoms with Crippen LogP contribution >= 0.6 is 0 Å². The first-order valence-electron chi connectivity index (χ1n) is 7.24. The fraction of sp³-hybridized carbons (Fsp3) is 0.643. The summed E-state index contributed by atoms with van der Waals surface area (Å²) in [5.41, 5.74) is 0.555. The van der Waals surface area contributed by atoms with E-state index >= 15 is 0 Å². The molecule has 1 aromatic heterocycles. The minimum absolute atomic E-state index is 0.0457. The second-order valence-corrected chi connectivity index (χ2v) is 7.23. The minimum Gasteiger partial charge on any atom is -0.374 e. The number of nitrogens with one attached hydrogen (secondary N) is 2. The molecular formula is C14H23N3O3S. The molecule has 1 unspecified atom stereocenters. The smallest absolute Gasteiger partial charge is 0.258 e. The van der Waals surface area contributed by atoms with Gasteiger partial charge in [0.25, 0.3) is 10.0 Å². The highest BCUT2D eigenvalue weighted by atomic mass is 32.2. The number of rotatable bonds is 7. The molecule has 7 heteroatoms. The van der Waals surface area contributed by atoms with E-state index in [0.29, 0.717) is 13.2 Å². The molecule has 1 saturated heterocycles. The molecule has 0 aromatic carbocycles. The summed E-state index contributed by atoms with van der Waals surface area (Å²) < 4.78 is 32.6. The first kappa shape index (κ1) is 16.4. The van der Waals surface area contributed by atoms with Crippen molar-refractivity contribution in [3.8, 4) is 0 Å². The largest absolute Gasteiger partial charge is 0.374 e. The monoisotopic (exact) mass is 313 g/mol. The topological polar surface area (TPSA) is 80.3 Å². The molecule has 0 spiro atoms. The summed E-state index contributed by atoms with van der Waals surface area (Å²) in [6.45, 7) is 6.45. The highest BCUT2D eigenvalue weighted by Crippen LogP contribution is 2.24. The normalized spacial score (nSPS) is 22.6. The molecule has 0 radical (unpaired) electrons. The van der Waals surface area contributed by atoms with Gasteiger partial charge in [-0.05, 0) is 37.9 Å². The fourth-order valence-electron chi connectivity index (χ4n) is 2.24. The van der Waals surface area contributed by atoms with E-state index in [4.69, 9.17) is 4.74 Å². The number of pyridine rings is 1. The van der Waals surface area contributed by atoms with Crippen LogP contribution < -0.4 is 10.0 Å². The van der Waals surface area contributed by atoms with Crippen LogP contribution in [0, 0.1) is 0 Å². The van der Waals surface area contributed by atoms with Gasteiger partial charge in [0.2, 0.25) is 0 Å². The quantitative estimate of drug-likeness (QED) is 0.786. The number of sulfonamides is 1. The number of aromatic nitrogens is 1. The summed E-state index contributed by atoms with van der Waals surface area (Å²) >= 11 is 0. The highest BCUT2D eigenvalue weighted by molar-refractivity contribution is 7.89. The van der Waals surface area contributed by atoms with Gasteiger partial charge in [-0.1, -0.05) is 13.0 Å². The van der Waals surface area contributed by atoms with Crippen LogP contribution in [0.5, 0.6) is 0 Å². The lowest BCUT2D eigenvalue weighted by molar-refractivity contribution is 0.0250. The van der Waals surface area contributed by atoms with Gasteiger partial charge in [-0.25, -0.2) is 18.1 Å². The Bertz CT molecular complexity index is 551. The van der Waals surface area contributed by atoms with Crippen molar-refractivity contribution in [3.05, 3.63) is 23.9 Å². The average molecular weight is 313 g/mol. The minimum atomic E-state index is -3.58. The molecule has 0 saturated carbocycles. The molecule has 2 N–H and O–H groups in total. The summed E-state index contributed by atoms with van der Waals surface area (Å²) in [6.07, 6.45) is 3.42. The lowest BCUT2D eigenvalue weighted by Crippen LogP contribution is -2.40. The standard InChI is InChI=1S/C14H23N3O3S/c1-3-15-9-12-5-6-13(16-10-12)21(18,19)17-11-14(2)7-4-8-20-14/h5-6,10,15,17H,3-4,7-9,11H2,1-2H3. The molecule has 2 rings (SSSR count). The van der Waals surface area contributed by atoms with E-state index < -0.39 is 15.6 Å². The molecule has 1 aromatic rings. The van der Waals surface area contributed by atoms with Crippen molar-refractivity contribution < 1.29 is 13.2 Å². The van der Waals surface area contributed by atoms with Gasteiger partial charge >= 0.3 is 0 Å². The second kappa shape index (κ2) is 6.83. The van der Waals surface area contributed by atoms with Crippen LogP contribution in [-0.4, -0.2) is 38.7 Å². The SMILES string of the molecule is CCNCc1ccc(S(=O)(=O)NCC2(C)CCCO2)nc1. The van der Waals surface area contributed by atoms with Crippen molar-refractivity contribution >= 4 is 10.0 Å². The third-order valence-corrected chi connectivity index (χ3v) is 4.91. The molecule has 6 nitrogen and oxygen atoms in total. The Hall–Kier alpha value is -1.02. The maximum Gasteiger partial charge on any atom is 0.258 e. The second-order valence-electron chi connectivity index (χ2n) is 5.51. The molecular weight excluding hydrogens is 290 g/mol. The summed E-state index contributed by atoms with van der Waals surface area (Å²) in [7, 11) is -3.58. The summed E-state index contributed by atoms with van der Waals surface area (Å²) in [5.74, 6) is 0. The van der Waals surface area contributed by atoms with Crippen LogP contribution in [0.2, 0.25) is 0 Å². The van der Waals surface area contributed by atoms with Crippen molar-refractivity contribution in [2.45, 2.75) is 43.9 Å². The maximum absolute atomic E-state index is 12.2. The zero-order valence-corrected chi connectivity index (χ0v) is 13.4. The van der Waals surface area contributed by atoms with Crippen molar-refractivity contribution in [2.24, 2.45) is 0 Å². The van der Waals surface area contributed by atoms with Crippen molar-refractivity contribution in [2.75, 3.05) is 19.7 Å². The van der Waals surface area contributed by atoms with Crippen molar-refractivity contribution in [1.82, 2.24) is 15.0 Å². The molecule has 21 heavy (non-hydrogen) atoms. The van der Waals surface area contributed by atoms with Crippen molar-refractivity contribution in [3.63, 3.8) is 0 Å². The zero-order valence-electron chi connectivity index (χ0n) is 12.6. The van der Waals surface area contributed by atoms with E-state index in [0.717, 1.165) is 24.9 Å². The number of hydrogen-bond acceptors (Lipinski definition) is 5. The average Bonchev–Trinajstić information content (AvgIpc) is 2.91. The van der Waals surface area contributed by atoms with Gasteiger partial charge in [-0.15, -0.1) is 0 Å². The van der Waals surface area contributed by atoms with E-state index in [9.17, 15) is 8.42 Å². The van der Waals surface area contributed by atoms with Crippen molar-refractivity contribution in [1.29, 1.82) is 0 Å². The Balaban J connectivity index is 1.98. The molecule has 0 amide bonds. The maximum atomic E-state index is 12.2. The van der Waals surface area contributed by atoms with E-state index in [2.05, 4.69) is 15.0 Å². The van der Waals surface area contributed by atoms with Crippen LogP contribution in [-0.2, 0) is 21.3 Å². The predicted octanol–water partition coefficient (Wildman–Crippen LogP) is 1.04. The molecule has 118 valence electrons. The Labute approximate surface area is 126 Å². The van der Waals surface area contributed by atoms with Crippen LogP contribution in [0.15, 0.2) is 23.4 Å². The Morgan fingerprint density at radius 2 is 2.24 bits per heavy atom. The van der Waals surface area contributed by atoms with Crippen LogP contribution in [0.4, 0.5) is 0 Å². The van der Waals surface area contributed by atoms with E-state index in [-0.39, 0.29) is 11.6 Å². The first-order chi connectivity index (χ1) is 9.95. The number of nitrogens with zero attached hydrogens (tertiary/aromatic N) is 1. The third-order valence-electron chi connectivity index (χ3n) is 3.59. The lowest BCUT2D eigenvalue weighted by Gasteiger charge is -2.23. The van der Waals surface area contributed by atoms with Gasteiger partial charge in [0.15, 0.2) is 5.03 Å². The van der Waals surface area contributed by atoms with Gasteiger partial charge < -0.3 is 10.1 Å². The number of hydrogen-bond donors (Lipinski definition) is 2. The summed E-state index contributed by atoms with van der Waals surface area (Å²) in [6, 6.07) is 3.31. The van der Waals surface area contributed by atoms with E-state index in [1.54, 1.807) is 12.3 Å². The Morgan fingerprint density at radius 1 is 1.43 bits per heavy atom. The third kappa shape index (κ3) is 4.47. The number of ether oxygens (including phenoxy) is 1. The van der Waals surface area contributed by atoms with E-state index in [1.807, 2.05) is 13.8 Å². The van der Waals surface area contributed by atoms with Gasteiger partial charge in [0.1, 0.15) is 0 Å². The lowest BCUT2D eigenvalue weighted by atomic mass is 10.0. The van der Waals surface area contributed by atoms with Gasteiger partial charge in [0.05, 0.1) is 5.60 Å². The molecule has 1 aliphatic rings. The van der Waals surface area contributed by atoms with Crippen LogP contribution in [0.1, 0.15) is 32.3 Å². The highest BCUT2D eigenvalue weighted by Gasteiger charge is 2.31. The van der Waals surface area contributed by atoms with Gasteiger partial charge in [-0.2, -0.15) is 0 Å². The predicted molar refractivity (Wildman–Crippen MR) is 80.4 cm³/mol. The van der Waals surface area contributed by atoms with E-state index in [1.165, 1.54) is 6.07 Å². The first-order valence-corrected chi connectivity index (χ1v) is 8.73. The molecule has 1 aliphatic heterocycles. The summed E-state index contributed by atoms with van der Waals surface area (Å²) in [4.78, 5) is 4.04. The molecule has 2 heterocycles. The van der Waals surface area contributed by atoms with Gasteiger partial charge in [0, 0.05) is 25.9 Å². The summed E-state index contributed by atoms with van der Waals surface area (Å²) in [5, 5.41) is 3.21.